The van der Waals surface area contributed by atoms with E-state index in [0.29, 0.717) is 17.9 Å². The largest absolute Gasteiger partial charge is 0.493 e. The Hall–Kier alpha value is -3.28. The molecule has 3 heterocycles. The van der Waals surface area contributed by atoms with E-state index in [4.69, 9.17) is 18.9 Å². The van der Waals surface area contributed by atoms with Crippen LogP contribution in [0.3, 0.4) is 0 Å². The molecule has 0 fully saturated rings. The van der Waals surface area contributed by atoms with Crippen LogP contribution in [-0.2, 0) is 17.8 Å². The normalized spacial score (nSPS) is 13.7. The Labute approximate surface area is 174 Å². The van der Waals surface area contributed by atoms with Crippen molar-refractivity contribution in [3.05, 3.63) is 42.1 Å². The lowest BCUT2D eigenvalue weighted by Gasteiger charge is -2.17. The minimum Gasteiger partial charge on any atom is -0.493 e. The maximum absolute atomic E-state index is 12.3. The van der Waals surface area contributed by atoms with Crippen LogP contribution < -0.4 is 23.5 Å². The fraction of sp³-hybridized carbons (Fsp3) is 0.333. The Kier molecular flexibility index (Phi) is 4.69. The van der Waals surface area contributed by atoms with Crippen LogP contribution in [0, 0.1) is 0 Å². The summed E-state index contributed by atoms with van der Waals surface area (Å²) in [4.78, 5) is 12.3. The fourth-order valence-corrected chi connectivity index (χ4v) is 4.15. The van der Waals surface area contributed by atoms with Gasteiger partial charge in [-0.15, -0.1) is 0 Å². The second-order valence-electron chi connectivity index (χ2n) is 7.64. The second-order valence-corrected chi connectivity index (χ2v) is 7.64. The first-order valence-corrected chi connectivity index (χ1v) is 10.4. The molecule has 2 aliphatic heterocycles. The lowest BCUT2D eigenvalue weighted by atomic mass is 9.95. The Morgan fingerprint density at radius 1 is 1.17 bits per heavy atom. The van der Waals surface area contributed by atoms with E-state index in [1.165, 1.54) is 5.56 Å². The number of esters is 1. The molecule has 1 aromatic heterocycles. The first-order valence-electron chi connectivity index (χ1n) is 10.4. The first kappa shape index (κ1) is 18.7. The van der Waals surface area contributed by atoms with E-state index >= 15 is 0 Å². The van der Waals surface area contributed by atoms with E-state index < -0.39 is 0 Å². The summed E-state index contributed by atoms with van der Waals surface area (Å²) in [7, 11) is 1.59. The quantitative estimate of drug-likeness (QED) is 0.361. The summed E-state index contributed by atoms with van der Waals surface area (Å²) in [5.74, 6) is 2.41. The smallest absolute Gasteiger partial charge is 0.311 e. The van der Waals surface area contributed by atoms with Gasteiger partial charge in [0.25, 0.3) is 0 Å². The van der Waals surface area contributed by atoms with Crippen LogP contribution in [0.2, 0.25) is 0 Å². The number of hydrogen-bond donors (Lipinski definition) is 0. The van der Waals surface area contributed by atoms with Crippen molar-refractivity contribution in [3.8, 4) is 34.3 Å². The lowest BCUT2D eigenvalue weighted by Crippen LogP contribution is -2.40. The number of pyridine rings is 1. The summed E-state index contributed by atoms with van der Waals surface area (Å²) in [6.45, 7) is 3.15. The van der Waals surface area contributed by atoms with Crippen molar-refractivity contribution in [2.75, 3.05) is 13.9 Å². The molecule has 0 atom stereocenters. The fourth-order valence-electron chi connectivity index (χ4n) is 4.15. The van der Waals surface area contributed by atoms with Gasteiger partial charge in [0.2, 0.25) is 12.5 Å². The van der Waals surface area contributed by atoms with Gasteiger partial charge in [-0.05, 0) is 41.6 Å². The topological polar surface area (TPSA) is 57.9 Å². The number of carbonyl (C=O) groups is 1. The van der Waals surface area contributed by atoms with Gasteiger partial charge in [0, 0.05) is 18.9 Å². The summed E-state index contributed by atoms with van der Waals surface area (Å²) < 4.78 is 24.6. The second kappa shape index (κ2) is 7.52. The third kappa shape index (κ3) is 3.12. The highest BCUT2D eigenvalue weighted by Gasteiger charge is 2.29. The van der Waals surface area contributed by atoms with E-state index in [1.54, 1.807) is 7.11 Å². The average Bonchev–Trinajstić information content (AvgIpc) is 3.22. The van der Waals surface area contributed by atoms with Gasteiger partial charge in [-0.25, -0.2) is 0 Å². The van der Waals surface area contributed by atoms with Gasteiger partial charge >= 0.3 is 5.97 Å². The molecule has 0 radical (unpaired) electrons. The van der Waals surface area contributed by atoms with Crippen LogP contribution in [-0.4, -0.2) is 19.9 Å². The van der Waals surface area contributed by atoms with Gasteiger partial charge in [0.05, 0.1) is 18.1 Å². The molecule has 5 rings (SSSR count). The van der Waals surface area contributed by atoms with E-state index in [-0.39, 0.29) is 12.8 Å². The average molecular weight is 406 g/mol. The number of carbonyl (C=O) groups excluding carboxylic acids is 1. The van der Waals surface area contributed by atoms with Gasteiger partial charge in [-0.3, -0.25) is 4.79 Å². The molecule has 0 amide bonds. The summed E-state index contributed by atoms with van der Waals surface area (Å²) in [5.41, 5.74) is 3.50. The van der Waals surface area contributed by atoms with Gasteiger partial charge in [0.1, 0.15) is 0 Å². The zero-order valence-corrected chi connectivity index (χ0v) is 17.2. The third-order valence-electron chi connectivity index (χ3n) is 5.75. The van der Waals surface area contributed by atoms with Crippen LogP contribution in [0.4, 0.5) is 0 Å². The standard InChI is InChI=1S/C24H24NO5/c1-3-4-5-23(26)30-24-18-13-25-9-8-16-11-21-22(29-14-28-21)12-17(16)19(25)10-15(18)6-7-20(24)27-2/h6-7,10-13H,3-5,8-9,14H2,1-2H3/q+1. The van der Waals surface area contributed by atoms with E-state index in [0.717, 1.165) is 59.3 Å². The van der Waals surface area contributed by atoms with Crippen molar-refractivity contribution in [3.63, 3.8) is 0 Å². The predicted octanol–water partition coefficient (Wildman–Crippen LogP) is 4.18. The van der Waals surface area contributed by atoms with E-state index in [2.05, 4.69) is 35.9 Å². The molecule has 0 bridgehead atoms. The summed E-state index contributed by atoms with van der Waals surface area (Å²) >= 11 is 0. The van der Waals surface area contributed by atoms with E-state index in [9.17, 15) is 4.79 Å². The minimum absolute atomic E-state index is 0.233. The number of nitrogens with zero attached hydrogens (tertiary/aromatic N) is 1. The van der Waals surface area contributed by atoms with Crippen molar-refractivity contribution in [1.29, 1.82) is 0 Å². The first-order chi connectivity index (χ1) is 14.7. The Morgan fingerprint density at radius 3 is 2.80 bits per heavy atom. The summed E-state index contributed by atoms with van der Waals surface area (Å²) in [5, 5.41) is 1.86. The molecule has 0 saturated carbocycles. The van der Waals surface area contributed by atoms with Crippen molar-refractivity contribution < 1.29 is 28.3 Å². The molecule has 0 spiro atoms. The molecule has 0 saturated heterocycles. The highest BCUT2D eigenvalue weighted by atomic mass is 16.7. The van der Waals surface area contributed by atoms with Crippen molar-refractivity contribution in [1.82, 2.24) is 0 Å². The van der Waals surface area contributed by atoms with Crippen LogP contribution >= 0.6 is 0 Å². The van der Waals surface area contributed by atoms with Crippen LogP contribution in [0.25, 0.3) is 22.0 Å². The minimum atomic E-state index is -0.233. The van der Waals surface area contributed by atoms with Crippen LogP contribution in [0.1, 0.15) is 31.7 Å². The molecule has 30 heavy (non-hydrogen) atoms. The summed E-state index contributed by atoms with van der Waals surface area (Å²) in [6.07, 6.45) is 5.11. The highest BCUT2D eigenvalue weighted by Crippen LogP contribution is 2.41. The number of unbranched alkanes of at least 4 members (excludes halogenated alkanes) is 1. The van der Waals surface area contributed by atoms with Crippen molar-refractivity contribution in [2.24, 2.45) is 0 Å². The Bertz CT molecular complexity index is 1150. The number of hydrogen-bond acceptors (Lipinski definition) is 5. The molecule has 6 heteroatoms. The highest BCUT2D eigenvalue weighted by molar-refractivity contribution is 5.93. The van der Waals surface area contributed by atoms with Crippen LogP contribution in [0.15, 0.2) is 36.5 Å². The molecular formula is C24H24NO5+. The molecule has 6 nitrogen and oxygen atoms in total. The van der Waals surface area contributed by atoms with Gasteiger partial charge in [-0.2, -0.15) is 4.57 Å². The Balaban J connectivity index is 1.62. The van der Waals surface area contributed by atoms with Gasteiger partial charge < -0.3 is 18.9 Å². The molecule has 0 N–H and O–H groups in total. The van der Waals surface area contributed by atoms with Gasteiger partial charge in [0.15, 0.2) is 35.7 Å². The molecular weight excluding hydrogens is 382 g/mol. The molecule has 0 unspecified atom stereocenters. The monoisotopic (exact) mass is 406 g/mol. The number of benzene rings is 2. The zero-order valence-electron chi connectivity index (χ0n) is 17.2. The number of fused-ring (bicyclic) bond motifs is 5. The third-order valence-corrected chi connectivity index (χ3v) is 5.75. The van der Waals surface area contributed by atoms with Crippen molar-refractivity contribution in [2.45, 2.75) is 39.2 Å². The molecule has 154 valence electrons. The molecule has 0 aliphatic carbocycles. The van der Waals surface area contributed by atoms with Crippen molar-refractivity contribution >= 4 is 16.7 Å². The number of ether oxygens (including phenoxy) is 4. The van der Waals surface area contributed by atoms with E-state index in [1.807, 2.05) is 12.1 Å². The maximum atomic E-state index is 12.3. The van der Waals surface area contributed by atoms with Crippen LogP contribution in [0.5, 0.6) is 23.0 Å². The lowest BCUT2D eigenvalue weighted by molar-refractivity contribution is -0.686. The molecule has 3 aromatic rings. The maximum Gasteiger partial charge on any atom is 0.311 e. The predicted molar refractivity (Wildman–Crippen MR) is 111 cm³/mol. The zero-order chi connectivity index (χ0) is 20.7. The number of methoxy groups -OCH3 is 1. The number of rotatable bonds is 5. The Morgan fingerprint density at radius 2 is 2.00 bits per heavy atom. The SMILES string of the molecule is CCCCC(=O)Oc1c(OC)ccc2cc3[n+](cc12)CCc1cc2c(cc1-3)OCO2. The number of aryl methyl sites for hydroxylation is 2. The summed E-state index contributed by atoms with van der Waals surface area (Å²) in [6, 6.07) is 10.1. The molecule has 2 aromatic carbocycles. The molecule has 2 aliphatic rings. The number of aromatic nitrogens is 1. The van der Waals surface area contributed by atoms with Gasteiger partial charge in [-0.1, -0.05) is 13.3 Å².